The Balaban J connectivity index is 1.68. The lowest BCUT2D eigenvalue weighted by molar-refractivity contribution is -0.126. The molecule has 2 aromatic heterocycles. The van der Waals surface area contributed by atoms with Crippen LogP contribution in [0.25, 0.3) is 5.78 Å². The van der Waals surface area contributed by atoms with Crippen molar-refractivity contribution >= 4 is 17.5 Å². The Morgan fingerprint density at radius 2 is 1.92 bits per heavy atom. The van der Waals surface area contributed by atoms with Crippen LogP contribution in [0.1, 0.15) is 26.5 Å². The minimum atomic E-state index is -0.111. The number of rotatable bonds is 4. The first kappa shape index (κ1) is 16.6. The molecule has 0 aromatic carbocycles. The number of carbonyl (C=O) groups excluding carboxylic acids is 1. The van der Waals surface area contributed by atoms with Gasteiger partial charge in [0, 0.05) is 44.0 Å². The number of nitrogens with zero attached hydrogens (tertiary/aromatic N) is 6. The molecule has 1 fully saturated rings. The first-order valence-corrected chi connectivity index (χ1v) is 8.42. The third-order valence-electron chi connectivity index (χ3n) is 4.36. The van der Waals surface area contributed by atoms with E-state index in [-0.39, 0.29) is 18.0 Å². The maximum absolute atomic E-state index is 12.2. The molecule has 130 valence electrons. The van der Waals surface area contributed by atoms with E-state index in [0.717, 1.165) is 37.7 Å². The minimum Gasteiger partial charge on any atom is -0.354 e. The summed E-state index contributed by atoms with van der Waals surface area (Å²) in [5.74, 6) is 1.72. The number of hydrogen-bond acceptors (Lipinski definition) is 6. The Labute approximate surface area is 141 Å². The average molecular weight is 331 g/mol. The van der Waals surface area contributed by atoms with E-state index >= 15 is 0 Å². The first-order chi connectivity index (χ1) is 11.5. The number of fused-ring (bicyclic) bond motifs is 1. The molecule has 8 heteroatoms. The van der Waals surface area contributed by atoms with E-state index in [2.05, 4.69) is 30.2 Å². The molecule has 3 heterocycles. The summed E-state index contributed by atoms with van der Waals surface area (Å²) < 4.78 is 1.78. The van der Waals surface area contributed by atoms with Gasteiger partial charge in [-0.15, -0.1) is 0 Å². The maximum Gasteiger partial charge on any atom is 0.254 e. The Morgan fingerprint density at radius 1 is 1.21 bits per heavy atom. The van der Waals surface area contributed by atoms with E-state index in [4.69, 9.17) is 0 Å². The highest BCUT2D eigenvalue weighted by molar-refractivity contribution is 5.81. The Bertz CT molecular complexity index is 718. The summed E-state index contributed by atoms with van der Waals surface area (Å²) in [5.41, 5.74) is 0.928. The van der Waals surface area contributed by atoms with Gasteiger partial charge in [-0.2, -0.15) is 14.6 Å². The van der Waals surface area contributed by atoms with Gasteiger partial charge >= 0.3 is 0 Å². The third-order valence-corrected chi connectivity index (χ3v) is 4.36. The second-order valence-corrected chi connectivity index (χ2v) is 6.59. The molecular formula is C16H25N7O. The molecule has 0 saturated carbocycles. The van der Waals surface area contributed by atoms with Crippen molar-refractivity contribution in [3.8, 4) is 0 Å². The van der Waals surface area contributed by atoms with Crippen molar-refractivity contribution < 1.29 is 4.79 Å². The highest BCUT2D eigenvalue weighted by atomic mass is 16.2. The van der Waals surface area contributed by atoms with Gasteiger partial charge in [0.15, 0.2) is 0 Å². The molecule has 1 aliphatic rings. The molecular weight excluding hydrogens is 306 g/mol. The number of piperazine rings is 1. The fourth-order valence-electron chi connectivity index (χ4n) is 3.05. The predicted molar refractivity (Wildman–Crippen MR) is 92.0 cm³/mol. The smallest absolute Gasteiger partial charge is 0.254 e. The zero-order valence-electron chi connectivity index (χ0n) is 14.7. The highest BCUT2D eigenvalue weighted by Gasteiger charge is 2.27. The van der Waals surface area contributed by atoms with Crippen LogP contribution in [0.2, 0.25) is 0 Å². The Morgan fingerprint density at radius 3 is 2.58 bits per heavy atom. The average Bonchev–Trinajstić information content (AvgIpc) is 3.01. The summed E-state index contributed by atoms with van der Waals surface area (Å²) in [6, 6.07) is 2.09. The fourth-order valence-corrected chi connectivity index (χ4v) is 3.05. The molecule has 1 unspecified atom stereocenters. The molecule has 1 N–H and O–H groups in total. The maximum atomic E-state index is 12.2. The molecule has 1 atom stereocenters. The van der Waals surface area contributed by atoms with Gasteiger partial charge in [0.1, 0.15) is 12.1 Å². The van der Waals surface area contributed by atoms with Crippen molar-refractivity contribution in [3.05, 3.63) is 18.1 Å². The largest absolute Gasteiger partial charge is 0.354 e. The Kier molecular flexibility index (Phi) is 4.66. The molecule has 0 aliphatic carbocycles. The van der Waals surface area contributed by atoms with Crippen molar-refractivity contribution in [1.29, 1.82) is 0 Å². The minimum absolute atomic E-state index is 0.0943. The van der Waals surface area contributed by atoms with Crippen LogP contribution in [-0.4, -0.2) is 68.7 Å². The molecule has 3 rings (SSSR count). The quantitative estimate of drug-likeness (QED) is 0.877. The molecule has 1 aliphatic heterocycles. The van der Waals surface area contributed by atoms with Crippen LogP contribution in [0, 0.1) is 6.92 Å². The van der Waals surface area contributed by atoms with Crippen LogP contribution < -0.4 is 10.2 Å². The van der Waals surface area contributed by atoms with Crippen LogP contribution in [0.4, 0.5) is 5.82 Å². The van der Waals surface area contributed by atoms with Gasteiger partial charge in [-0.25, -0.2) is 4.98 Å². The number of aromatic nitrogens is 4. The molecule has 0 bridgehead atoms. The lowest BCUT2D eigenvalue weighted by atomic mass is 10.2. The van der Waals surface area contributed by atoms with Crippen LogP contribution in [-0.2, 0) is 4.79 Å². The molecule has 24 heavy (non-hydrogen) atoms. The molecule has 8 nitrogen and oxygen atoms in total. The van der Waals surface area contributed by atoms with Crippen LogP contribution in [0.5, 0.6) is 0 Å². The molecule has 1 saturated heterocycles. The number of hydrogen-bond donors (Lipinski definition) is 1. The normalized spacial score (nSPS) is 17.5. The summed E-state index contributed by atoms with van der Waals surface area (Å²) in [6.07, 6.45) is 1.53. The van der Waals surface area contributed by atoms with Gasteiger partial charge in [-0.05, 0) is 27.7 Å². The highest BCUT2D eigenvalue weighted by Crippen LogP contribution is 2.18. The number of amides is 1. The van der Waals surface area contributed by atoms with E-state index < -0.39 is 0 Å². The van der Waals surface area contributed by atoms with Crippen LogP contribution >= 0.6 is 0 Å². The van der Waals surface area contributed by atoms with E-state index in [1.165, 1.54) is 6.33 Å². The summed E-state index contributed by atoms with van der Waals surface area (Å²) in [7, 11) is 0. The number of aryl methyl sites for hydroxylation is 1. The fraction of sp³-hybridized carbons (Fsp3) is 0.625. The number of anilines is 1. The van der Waals surface area contributed by atoms with Gasteiger partial charge in [0.2, 0.25) is 5.91 Å². The number of carbonyl (C=O) groups is 1. The standard InChI is InChI=1S/C16H25N7O/c1-11(2)19-15(24)13(4)21-5-7-22(8-6-21)14-9-12(3)20-16-17-10-18-23(14)16/h9-11,13H,5-8H2,1-4H3,(H,19,24). The van der Waals surface area contributed by atoms with Crippen LogP contribution in [0.15, 0.2) is 12.4 Å². The van der Waals surface area contributed by atoms with Gasteiger partial charge in [-0.1, -0.05) is 0 Å². The van der Waals surface area contributed by atoms with Gasteiger partial charge in [0.05, 0.1) is 6.04 Å². The molecule has 1 amide bonds. The summed E-state index contributed by atoms with van der Waals surface area (Å²) in [6.45, 7) is 11.3. The summed E-state index contributed by atoms with van der Waals surface area (Å²) >= 11 is 0. The SMILES string of the molecule is Cc1cc(N2CCN(C(C)C(=O)NC(C)C)CC2)n2ncnc2n1. The van der Waals surface area contributed by atoms with E-state index in [1.807, 2.05) is 33.8 Å². The molecule has 0 spiro atoms. The van der Waals surface area contributed by atoms with Crippen molar-refractivity contribution in [2.75, 3.05) is 31.1 Å². The van der Waals surface area contributed by atoms with E-state index in [1.54, 1.807) is 4.52 Å². The van der Waals surface area contributed by atoms with Crippen molar-refractivity contribution in [3.63, 3.8) is 0 Å². The van der Waals surface area contributed by atoms with E-state index in [0.29, 0.717) is 5.78 Å². The second kappa shape index (κ2) is 6.72. The van der Waals surface area contributed by atoms with Gasteiger partial charge in [-0.3, -0.25) is 9.69 Å². The number of nitrogens with one attached hydrogen (secondary N) is 1. The summed E-state index contributed by atoms with van der Waals surface area (Å²) in [4.78, 5) is 25.3. The lowest BCUT2D eigenvalue weighted by Crippen LogP contribution is -2.54. The topological polar surface area (TPSA) is 78.7 Å². The van der Waals surface area contributed by atoms with Crippen molar-refractivity contribution in [2.45, 2.75) is 39.8 Å². The lowest BCUT2D eigenvalue weighted by Gasteiger charge is -2.38. The summed E-state index contributed by atoms with van der Waals surface area (Å²) in [5, 5.41) is 7.26. The van der Waals surface area contributed by atoms with Crippen molar-refractivity contribution in [2.24, 2.45) is 0 Å². The van der Waals surface area contributed by atoms with Gasteiger partial charge in [0.25, 0.3) is 5.78 Å². The third kappa shape index (κ3) is 3.33. The van der Waals surface area contributed by atoms with Gasteiger partial charge < -0.3 is 10.2 Å². The Hall–Kier alpha value is -2.22. The first-order valence-electron chi connectivity index (χ1n) is 8.42. The zero-order valence-corrected chi connectivity index (χ0v) is 14.7. The molecule has 2 aromatic rings. The monoisotopic (exact) mass is 331 g/mol. The van der Waals surface area contributed by atoms with E-state index in [9.17, 15) is 4.79 Å². The second-order valence-electron chi connectivity index (χ2n) is 6.59. The zero-order chi connectivity index (χ0) is 17.3. The van der Waals surface area contributed by atoms with Crippen molar-refractivity contribution in [1.82, 2.24) is 29.8 Å². The molecule has 0 radical (unpaired) electrons. The predicted octanol–water partition coefficient (Wildman–Crippen LogP) is 0.468. The van der Waals surface area contributed by atoms with Crippen LogP contribution in [0.3, 0.4) is 0 Å².